The zero-order chi connectivity index (χ0) is 14.1. The molecule has 0 heterocycles. The van der Waals surface area contributed by atoms with Gasteiger partial charge in [-0.3, -0.25) is 9.69 Å². The Balaban J connectivity index is 1.84. The summed E-state index contributed by atoms with van der Waals surface area (Å²) < 4.78 is 0. The Bertz CT molecular complexity index is 496. The van der Waals surface area contributed by atoms with Crippen molar-refractivity contribution in [3.63, 3.8) is 0 Å². The first-order chi connectivity index (χ1) is 9.66. The quantitative estimate of drug-likeness (QED) is 0.891. The molecule has 0 spiro atoms. The first kappa shape index (κ1) is 13.6. The highest BCUT2D eigenvalue weighted by Gasteiger charge is 2.37. The number of carboxylic acid groups (broad SMARTS) is 1. The smallest absolute Gasteiger partial charge is 0.304 e. The number of nitrogens with zero attached hydrogens (tertiary/aromatic N) is 1. The van der Waals surface area contributed by atoms with Gasteiger partial charge in [0.2, 0.25) is 0 Å². The zero-order valence-corrected chi connectivity index (χ0v) is 12.1. The maximum Gasteiger partial charge on any atom is 0.304 e. The molecule has 1 aromatic rings. The predicted octanol–water partition coefficient (Wildman–Crippen LogP) is 3.56. The number of benzene rings is 1. The van der Waals surface area contributed by atoms with Gasteiger partial charge in [-0.15, -0.1) is 0 Å². The number of carbonyl (C=O) groups is 1. The molecule has 2 unspecified atom stereocenters. The third kappa shape index (κ3) is 2.73. The highest BCUT2D eigenvalue weighted by atomic mass is 16.4. The van der Waals surface area contributed by atoms with E-state index in [9.17, 15) is 4.79 Å². The van der Waals surface area contributed by atoms with Crippen LogP contribution in [0.5, 0.6) is 0 Å². The summed E-state index contributed by atoms with van der Waals surface area (Å²) in [6.45, 7) is 2.99. The van der Waals surface area contributed by atoms with E-state index in [2.05, 4.69) is 36.1 Å². The average molecular weight is 273 g/mol. The lowest BCUT2D eigenvalue weighted by Crippen LogP contribution is -2.35. The summed E-state index contributed by atoms with van der Waals surface area (Å²) >= 11 is 0. The highest BCUT2D eigenvalue weighted by Crippen LogP contribution is 2.44. The van der Waals surface area contributed by atoms with Crippen LogP contribution in [-0.2, 0) is 4.79 Å². The summed E-state index contributed by atoms with van der Waals surface area (Å²) in [5.41, 5.74) is 2.90. The Morgan fingerprint density at radius 1 is 1.20 bits per heavy atom. The Morgan fingerprint density at radius 3 is 2.55 bits per heavy atom. The van der Waals surface area contributed by atoms with E-state index in [4.69, 9.17) is 5.11 Å². The predicted molar refractivity (Wildman–Crippen MR) is 78.8 cm³/mol. The molecule has 1 fully saturated rings. The largest absolute Gasteiger partial charge is 0.481 e. The fourth-order valence-electron chi connectivity index (χ4n) is 3.55. The summed E-state index contributed by atoms with van der Waals surface area (Å²) in [5, 5.41) is 8.97. The number of carboxylic acids is 1. The lowest BCUT2D eigenvalue weighted by Gasteiger charge is -2.38. The van der Waals surface area contributed by atoms with Gasteiger partial charge in [0.15, 0.2) is 0 Å². The maximum absolute atomic E-state index is 10.9. The van der Waals surface area contributed by atoms with E-state index >= 15 is 0 Å². The summed E-state index contributed by atoms with van der Waals surface area (Å²) in [5.74, 6) is -0.0592. The molecule has 108 valence electrons. The third-order valence-electron chi connectivity index (χ3n) is 4.76. The van der Waals surface area contributed by atoms with Crippen molar-refractivity contribution in [2.24, 2.45) is 0 Å². The van der Waals surface area contributed by atoms with Gasteiger partial charge in [0.05, 0.1) is 6.42 Å². The van der Waals surface area contributed by atoms with Crippen LogP contribution in [0, 0.1) is 0 Å². The second-order valence-electron chi connectivity index (χ2n) is 6.24. The highest BCUT2D eigenvalue weighted by molar-refractivity contribution is 5.66. The van der Waals surface area contributed by atoms with Crippen LogP contribution in [0.4, 0.5) is 0 Å². The van der Waals surface area contributed by atoms with Crippen LogP contribution in [0.25, 0.3) is 0 Å². The van der Waals surface area contributed by atoms with Gasteiger partial charge < -0.3 is 5.11 Å². The van der Waals surface area contributed by atoms with Gasteiger partial charge in [0.1, 0.15) is 0 Å². The molecular weight excluding hydrogens is 250 g/mol. The van der Waals surface area contributed by atoms with Crippen molar-refractivity contribution in [1.29, 1.82) is 0 Å². The monoisotopic (exact) mass is 273 g/mol. The molecule has 0 aliphatic heterocycles. The van der Waals surface area contributed by atoms with Gasteiger partial charge in [0.25, 0.3) is 0 Å². The minimum atomic E-state index is -0.687. The normalized spacial score (nSPS) is 25.5. The average Bonchev–Trinajstić information content (AvgIpc) is 3.26. The lowest BCUT2D eigenvalue weighted by molar-refractivity contribution is -0.137. The maximum atomic E-state index is 10.9. The minimum absolute atomic E-state index is 0.255. The molecule has 20 heavy (non-hydrogen) atoms. The Hall–Kier alpha value is -1.35. The second-order valence-corrected chi connectivity index (χ2v) is 6.24. The molecule has 1 saturated carbocycles. The summed E-state index contributed by atoms with van der Waals surface area (Å²) in [7, 11) is 0. The molecule has 2 atom stereocenters. The molecule has 3 heteroatoms. The first-order valence-corrected chi connectivity index (χ1v) is 7.73. The molecule has 1 N–H and O–H groups in total. The molecular formula is C17H23NO2. The fraction of sp³-hybridized carbons (Fsp3) is 0.588. The number of hydrogen-bond acceptors (Lipinski definition) is 2. The van der Waals surface area contributed by atoms with E-state index in [1.54, 1.807) is 0 Å². The molecule has 2 aliphatic rings. The van der Waals surface area contributed by atoms with E-state index in [0.29, 0.717) is 24.5 Å². The third-order valence-corrected chi connectivity index (χ3v) is 4.76. The molecule has 1 aromatic carbocycles. The van der Waals surface area contributed by atoms with E-state index in [1.165, 1.54) is 30.4 Å². The molecule has 0 radical (unpaired) electrons. The first-order valence-electron chi connectivity index (χ1n) is 7.73. The van der Waals surface area contributed by atoms with Gasteiger partial charge in [0, 0.05) is 18.6 Å². The van der Waals surface area contributed by atoms with Gasteiger partial charge in [-0.25, -0.2) is 0 Å². The van der Waals surface area contributed by atoms with E-state index < -0.39 is 5.97 Å². The van der Waals surface area contributed by atoms with Gasteiger partial charge in [-0.2, -0.15) is 0 Å². The van der Waals surface area contributed by atoms with E-state index in [-0.39, 0.29) is 6.42 Å². The molecule has 0 saturated heterocycles. The summed E-state index contributed by atoms with van der Waals surface area (Å²) in [6.07, 6.45) is 5.08. The lowest BCUT2D eigenvalue weighted by atomic mass is 9.80. The van der Waals surface area contributed by atoms with Crippen LogP contribution in [-0.4, -0.2) is 28.6 Å². The van der Waals surface area contributed by atoms with Crippen molar-refractivity contribution >= 4 is 5.97 Å². The van der Waals surface area contributed by atoms with Crippen LogP contribution >= 0.6 is 0 Å². The van der Waals surface area contributed by atoms with Crippen molar-refractivity contribution in [2.45, 2.75) is 57.0 Å². The molecule has 0 aromatic heterocycles. The number of rotatable bonds is 5. The van der Waals surface area contributed by atoms with Crippen LogP contribution in [0.1, 0.15) is 62.1 Å². The number of hydrogen-bond donors (Lipinski definition) is 1. The molecule has 3 rings (SSSR count). The van der Waals surface area contributed by atoms with Crippen molar-refractivity contribution in [2.75, 3.05) is 6.54 Å². The van der Waals surface area contributed by atoms with Crippen molar-refractivity contribution in [3.05, 3.63) is 35.4 Å². The van der Waals surface area contributed by atoms with Gasteiger partial charge in [-0.1, -0.05) is 31.2 Å². The van der Waals surface area contributed by atoms with Crippen LogP contribution in [0.2, 0.25) is 0 Å². The standard InChI is InChI=1S/C17H23NO2/c1-12-6-9-16(15-5-3-2-4-14(12)15)18(13-7-8-13)11-10-17(19)20/h2-5,12-13,16H,6-11H2,1H3,(H,19,20). The minimum Gasteiger partial charge on any atom is -0.481 e. The summed E-state index contributed by atoms with van der Waals surface area (Å²) in [4.78, 5) is 13.4. The Morgan fingerprint density at radius 2 is 1.90 bits per heavy atom. The zero-order valence-electron chi connectivity index (χ0n) is 12.1. The molecule has 3 nitrogen and oxygen atoms in total. The van der Waals surface area contributed by atoms with Crippen LogP contribution in [0.3, 0.4) is 0 Å². The van der Waals surface area contributed by atoms with Crippen LogP contribution < -0.4 is 0 Å². The second kappa shape index (κ2) is 5.57. The molecule has 0 amide bonds. The van der Waals surface area contributed by atoms with Crippen molar-refractivity contribution in [1.82, 2.24) is 4.90 Å². The Labute approximate surface area is 120 Å². The van der Waals surface area contributed by atoms with Crippen molar-refractivity contribution in [3.8, 4) is 0 Å². The fourth-order valence-corrected chi connectivity index (χ4v) is 3.55. The molecule has 0 bridgehead atoms. The topological polar surface area (TPSA) is 40.5 Å². The van der Waals surface area contributed by atoms with Gasteiger partial charge >= 0.3 is 5.97 Å². The van der Waals surface area contributed by atoms with E-state index in [1.807, 2.05) is 0 Å². The van der Waals surface area contributed by atoms with Crippen molar-refractivity contribution < 1.29 is 9.90 Å². The van der Waals surface area contributed by atoms with Crippen LogP contribution in [0.15, 0.2) is 24.3 Å². The Kier molecular flexibility index (Phi) is 3.79. The van der Waals surface area contributed by atoms with Gasteiger partial charge in [-0.05, 0) is 42.7 Å². The van der Waals surface area contributed by atoms with E-state index in [0.717, 1.165) is 6.42 Å². The number of fused-ring (bicyclic) bond motifs is 1. The summed E-state index contributed by atoms with van der Waals surface area (Å²) in [6, 6.07) is 9.76. The SMILES string of the molecule is CC1CCC(N(CCC(=O)O)C2CC2)c2ccccc21. The number of aliphatic carboxylic acids is 1. The molecule has 2 aliphatic carbocycles.